The highest BCUT2D eigenvalue weighted by atomic mass is 32.5. The molecule has 0 radical (unpaired) electrons. The molecule has 0 bridgehead atoms. The Kier molecular flexibility index (Phi) is 8.50. The molecule has 1 aromatic carbocycles. The Bertz CT molecular complexity index is 1380. The molecule has 14 heteroatoms. The molecule has 0 aliphatic carbocycles. The van der Waals surface area contributed by atoms with Crippen molar-refractivity contribution in [3.8, 4) is 18.1 Å². The zero-order valence-electron chi connectivity index (χ0n) is 21.5. The fraction of sp³-hybridized carbons (Fsp3) is 0.417. The smallest absolute Gasteiger partial charge is 0.323 e. The number of hydrogen-bond donors (Lipinski definition) is 2. The number of carbonyl (C=O) groups is 1. The summed E-state index contributed by atoms with van der Waals surface area (Å²) in [6.45, 7) is -1.50. The van der Waals surface area contributed by atoms with Gasteiger partial charge in [-0.05, 0) is 37.3 Å². The van der Waals surface area contributed by atoms with E-state index in [-0.39, 0.29) is 18.5 Å². The standard InChI is InChI=1S/C24H30N7O5PS/c1-6-16-12-18(35-22(16)31-14-26-19-20(30(3)4)27-24(25)28-21(19)31)13-34-37(38,29-15(2)23(32)33-5)36-17-10-8-7-9-11-17/h1,7-11,14-16,18,22H,12-13H2,2-5H3,(H,29,38)(H2,25,27,28)/t15-,16-,18-,22+,37-/m0/s1. The molecule has 5 atom stereocenters. The van der Waals surface area contributed by atoms with Gasteiger partial charge in [-0.25, -0.2) is 10.1 Å². The van der Waals surface area contributed by atoms with E-state index in [0.29, 0.717) is 29.2 Å². The number of rotatable bonds is 10. The molecule has 0 amide bonds. The van der Waals surface area contributed by atoms with E-state index in [1.807, 2.05) is 37.2 Å². The van der Waals surface area contributed by atoms with Crippen LogP contribution in [-0.2, 0) is 30.6 Å². The van der Waals surface area contributed by atoms with Crippen LogP contribution >= 0.6 is 6.64 Å². The van der Waals surface area contributed by atoms with Gasteiger partial charge >= 0.3 is 12.6 Å². The fourth-order valence-electron chi connectivity index (χ4n) is 4.04. The number of carbonyl (C=O) groups excluding carboxylic acids is 1. The van der Waals surface area contributed by atoms with Crippen LogP contribution in [0, 0.1) is 18.3 Å². The molecule has 38 heavy (non-hydrogen) atoms. The van der Waals surface area contributed by atoms with Gasteiger partial charge in [0.25, 0.3) is 0 Å². The van der Waals surface area contributed by atoms with Crippen molar-refractivity contribution in [2.24, 2.45) is 5.92 Å². The number of hydrogen-bond acceptors (Lipinski definition) is 11. The molecule has 2 aromatic heterocycles. The first kappa shape index (κ1) is 27.8. The summed E-state index contributed by atoms with van der Waals surface area (Å²) in [7, 11) is 5.00. The maximum Gasteiger partial charge on any atom is 0.323 e. The molecule has 3 aromatic rings. The zero-order valence-corrected chi connectivity index (χ0v) is 23.2. The molecular formula is C24H30N7O5PS. The quantitative estimate of drug-likeness (QED) is 0.214. The SMILES string of the molecule is C#C[C@H]1C[C@@H](CO[P@@](=S)(N[C@@H](C)C(=O)OC)Oc2ccccc2)O[C@H]1n1cnc2c(N(C)C)nc(N)nc21. The number of para-hydroxylation sites is 1. The van der Waals surface area contributed by atoms with Crippen molar-refractivity contribution in [3.63, 3.8) is 0 Å². The van der Waals surface area contributed by atoms with Gasteiger partial charge in [-0.1, -0.05) is 24.1 Å². The van der Waals surface area contributed by atoms with Crippen LogP contribution in [0.5, 0.6) is 5.75 Å². The van der Waals surface area contributed by atoms with Gasteiger partial charge in [0, 0.05) is 14.1 Å². The Morgan fingerprint density at radius 1 is 1.39 bits per heavy atom. The van der Waals surface area contributed by atoms with Crippen LogP contribution in [0.25, 0.3) is 11.2 Å². The van der Waals surface area contributed by atoms with E-state index in [1.54, 1.807) is 30.0 Å². The van der Waals surface area contributed by atoms with Crippen molar-refractivity contribution in [1.82, 2.24) is 24.6 Å². The maximum atomic E-state index is 12.1. The zero-order chi connectivity index (χ0) is 27.4. The van der Waals surface area contributed by atoms with Crippen LogP contribution in [0.1, 0.15) is 19.6 Å². The van der Waals surface area contributed by atoms with E-state index in [4.69, 9.17) is 42.5 Å². The molecule has 1 aliphatic rings. The van der Waals surface area contributed by atoms with Gasteiger partial charge < -0.3 is 29.2 Å². The largest absolute Gasteiger partial charge is 0.468 e. The van der Waals surface area contributed by atoms with Crippen molar-refractivity contribution in [2.45, 2.75) is 31.7 Å². The second-order valence-electron chi connectivity index (χ2n) is 8.85. The third kappa shape index (κ3) is 6.06. The lowest BCUT2D eigenvalue weighted by Gasteiger charge is -2.27. The Labute approximate surface area is 226 Å². The van der Waals surface area contributed by atoms with Crippen LogP contribution in [0.15, 0.2) is 36.7 Å². The van der Waals surface area contributed by atoms with E-state index in [2.05, 4.69) is 26.0 Å². The Hall–Kier alpha value is -3.27. The highest BCUT2D eigenvalue weighted by Crippen LogP contribution is 2.47. The number of methoxy groups -OCH3 is 1. The number of nitrogens with two attached hydrogens (primary N) is 1. The summed E-state index contributed by atoms with van der Waals surface area (Å²) in [4.78, 5) is 27.0. The number of nitrogens with zero attached hydrogens (tertiary/aromatic N) is 5. The van der Waals surface area contributed by atoms with E-state index < -0.39 is 31.0 Å². The van der Waals surface area contributed by atoms with Gasteiger partial charge in [-0.3, -0.25) is 9.36 Å². The fourth-order valence-corrected chi connectivity index (χ4v) is 6.47. The molecule has 3 heterocycles. The number of anilines is 2. The van der Waals surface area contributed by atoms with Crippen molar-refractivity contribution in [3.05, 3.63) is 36.7 Å². The minimum atomic E-state index is -3.20. The highest BCUT2D eigenvalue weighted by Gasteiger charge is 2.38. The third-order valence-electron chi connectivity index (χ3n) is 5.83. The Morgan fingerprint density at radius 3 is 2.79 bits per heavy atom. The normalized spacial score (nSPS) is 21.4. The van der Waals surface area contributed by atoms with Gasteiger partial charge in [0.05, 0.1) is 32.1 Å². The van der Waals surface area contributed by atoms with Crippen LogP contribution in [-0.4, -0.2) is 65.4 Å². The van der Waals surface area contributed by atoms with Crippen molar-refractivity contribution >= 4 is 47.3 Å². The summed E-state index contributed by atoms with van der Waals surface area (Å²) in [5, 5.41) is 2.99. The number of imidazole rings is 1. The van der Waals surface area contributed by atoms with Crippen LogP contribution in [0.4, 0.5) is 11.8 Å². The molecule has 3 N–H and O–H groups in total. The monoisotopic (exact) mass is 559 g/mol. The summed E-state index contributed by atoms with van der Waals surface area (Å²) in [6, 6.07) is 8.24. The topological polar surface area (TPSA) is 139 Å². The summed E-state index contributed by atoms with van der Waals surface area (Å²) >= 11 is 5.75. The Morgan fingerprint density at radius 2 is 2.13 bits per heavy atom. The molecular weight excluding hydrogens is 529 g/mol. The molecule has 1 saturated heterocycles. The van der Waals surface area contributed by atoms with Gasteiger partial charge in [-0.15, -0.1) is 6.42 Å². The van der Waals surface area contributed by atoms with Crippen LogP contribution in [0.3, 0.4) is 0 Å². The number of aromatic nitrogens is 4. The lowest BCUT2D eigenvalue weighted by atomic mass is 10.0. The number of nitrogens with one attached hydrogen (secondary N) is 1. The average molecular weight is 560 g/mol. The molecule has 4 rings (SSSR count). The van der Waals surface area contributed by atoms with Crippen LogP contribution in [0.2, 0.25) is 0 Å². The molecule has 12 nitrogen and oxygen atoms in total. The molecule has 0 saturated carbocycles. The average Bonchev–Trinajstić information content (AvgIpc) is 3.50. The molecule has 1 aliphatic heterocycles. The number of ether oxygens (including phenoxy) is 2. The second kappa shape index (κ2) is 11.6. The molecule has 1 fully saturated rings. The molecule has 0 unspecified atom stereocenters. The van der Waals surface area contributed by atoms with Gasteiger partial charge in [0.2, 0.25) is 5.95 Å². The summed E-state index contributed by atoms with van der Waals surface area (Å²) in [6.07, 6.45) is 7.01. The first-order valence-corrected chi connectivity index (χ1v) is 14.4. The predicted molar refractivity (Wildman–Crippen MR) is 147 cm³/mol. The summed E-state index contributed by atoms with van der Waals surface area (Å²) in [5.74, 6) is 3.22. The van der Waals surface area contributed by atoms with Gasteiger partial charge in [-0.2, -0.15) is 9.97 Å². The minimum Gasteiger partial charge on any atom is -0.468 e. The van der Waals surface area contributed by atoms with Gasteiger partial charge in [0.1, 0.15) is 11.8 Å². The van der Waals surface area contributed by atoms with Crippen molar-refractivity contribution < 1.29 is 23.3 Å². The minimum absolute atomic E-state index is 0.0758. The van der Waals surface area contributed by atoms with Crippen molar-refractivity contribution in [2.75, 3.05) is 38.4 Å². The highest BCUT2D eigenvalue weighted by molar-refractivity contribution is 8.09. The number of fused-ring (bicyclic) bond motifs is 1. The number of terminal acetylenes is 1. The van der Waals surface area contributed by atoms with E-state index in [9.17, 15) is 4.79 Å². The molecule has 202 valence electrons. The number of benzene rings is 1. The summed E-state index contributed by atoms with van der Waals surface area (Å²) < 4.78 is 25.0. The molecule has 0 spiro atoms. The first-order valence-electron chi connectivity index (χ1n) is 11.8. The lowest BCUT2D eigenvalue weighted by Crippen LogP contribution is -2.35. The predicted octanol–water partition coefficient (Wildman–Crippen LogP) is 2.48. The number of esters is 1. The van der Waals surface area contributed by atoms with Gasteiger partial charge in [0.15, 0.2) is 23.2 Å². The third-order valence-corrected chi connectivity index (χ3v) is 8.33. The Balaban J connectivity index is 1.54. The van der Waals surface area contributed by atoms with E-state index >= 15 is 0 Å². The first-order chi connectivity index (χ1) is 18.1. The van der Waals surface area contributed by atoms with E-state index in [0.717, 1.165) is 0 Å². The second-order valence-corrected chi connectivity index (χ2v) is 12.0. The van der Waals surface area contributed by atoms with Crippen LogP contribution < -0.4 is 20.2 Å². The van der Waals surface area contributed by atoms with Crippen molar-refractivity contribution in [1.29, 1.82) is 0 Å². The summed E-state index contributed by atoms with van der Waals surface area (Å²) in [5.41, 5.74) is 7.05. The maximum absolute atomic E-state index is 12.1. The van der Waals surface area contributed by atoms with E-state index in [1.165, 1.54) is 7.11 Å². The number of nitrogen functional groups attached to an aromatic ring is 1. The lowest BCUT2D eigenvalue weighted by molar-refractivity contribution is -0.142.